The SMILES string of the molecule is CN(Cc1ccc(Br)o1)C(=O)c1ccc(N)cc1F. The highest BCUT2D eigenvalue weighted by atomic mass is 79.9. The van der Waals surface area contributed by atoms with E-state index in [9.17, 15) is 9.18 Å². The molecule has 6 heteroatoms. The van der Waals surface area contributed by atoms with Crippen molar-refractivity contribution in [3.05, 3.63) is 52.1 Å². The van der Waals surface area contributed by atoms with E-state index in [4.69, 9.17) is 10.2 Å². The number of halogens is 2. The Labute approximate surface area is 118 Å². The maximum atomic E-state index is 13.6. The van der Waals surface area contributed by atoms with Crippen molar-refractivity contribution >= 4 is 27.5 Å². The molecule has 0 saturated heterocycles. The zero-order chi connectivity index (χ0) is 14.0. The molecular weight excluding hydrogens is 315 g/mol. The van der Waals surface area contributed by atoms with Crippen LogP contribution >= 0.6 is 15.9 Å². The average molecular weight is 327 g/mol. The molecule has 0 spiro atoms. The van der Waals surface area contributed by atoms with Gasteiger partial charge in [0, 0.05) is 12.7 Å². The van der Waals surface area contributed by atoms with Crippen LogP contribution in [0.2, 0.25) is 0 Å². The van der Waals surface area contributed by atoms with Crippen molar-refractivity contribution in [3.63, 3.8) is 0 Å². The summed E-state index contributed by atoms with van der Waals surface area (Å²) in [6.45, 7) is 0.258. The largest absolute Gasteiger partial charge is 0.452 e. The fourth-order valence-corrected chi connectivity index (χ4v) is 1.99. The molecule has 4 nitrogen and oxygen atoms in total. The number of rotatable bonds is 3. The Bertz CT molecular complexity index is 612. The zero-order valence-corrected chi connectivity index (χ0v) is 11.8. The van der Waals surface area contributed by atoms with Gasteiger partial charge in [-0.15, -0.1) is 0 Å². The third-order valence-corrected chi connectivity index (χ3v) is 3.02. The number of carbonyl (C=O) groups excluding carboxylic acids is 1. The minimum atomic E-state index is -0.627. The Morgan fingerprint density at radius 2 is 2.16 bits per heavy atom. The van der Waals surface area contributed by atoms with Crippen molar-refractivity contribution in [1.82, 2.24) is 4.90 Å². The Morgan fingerprint density at radius 1 is 1.42 bits per heavy atom. The van der Waals surface area contributed by atoms with Crippen LogP contribution in [0.1, 0.15) is 16.1 Å². The van der Waals surface area contributed by atoms with Crippen molar-refractivity contribution in [2.75, 3.05) is 12.8 Å². The van der Waals surface area contributed by atoms with Crippen LogP contribution in [0.3, 0.4) is 0 Å². The van der Waals surface area contributed by atoms with Gasteiger partial charge < -0.3 is 15.1 Å². The summed E-state index contributed by atoms with van der Waals surface area (Å²) in [6.07, 6.45) is 0. The summed E-state index contributed by atoms with van der Waals surface area (Å²) in [5.74, 6) is -0.443. The van der Waals surface area contributed by atoms with Gasteiger partial charge in [0.1, 0.15) is 11.6 Å². The lowest BCUT2D eigenvalue weighted by Gasteiger charge is -2.16. The van der Waals surface area contributed by atoms with E-state index in [1.54, 1.807) is 19.2 Å². The van der Waals surface area contributed by atoms with E-state index >= 15 is 0 Å². The molecule has 0 aliphatic carbocycles. The molecule has 0 radical (unpaired) electrons. The van der Waals surface area contributed by atoms with E-state index in [1.807, 2.05) is 0 Å². The average Bonchev–Trinajstić information content (AvgIpc) is 2.74. The molecule has 2 aromatic rings. The number of benzene rings is 1. The number of anilines is 1. The number of hydrogen-bond donors (Lipinski definition) is 1. The van der Waals surface area contributed by atoms with Crippen molar-refractivity contribution in [2.24, 2.45) is 0 Å². The highest BCUT2D eigenvalue weighted by Crippen LogP contribution is 2.18. The quantitative estimate of drug-likeness (QED) is 0.882. The summed E-state index contributed by atoms with van der Waals surface area (Å²) >= 11 is 3.18. The highest BCUT2D eigenvalue weighted by Gasteiger charge is 2.17. The molecule has 0 aliphatic heterocycles. The lowest BCUT2D eigenvalue weighted by Crippen LogP contribution is -2.26. The third-order valence-electron chi connectivity index (χ3n) is 2.59. The molecule has 1 aromatic heterocycles. The summed E-state index contributed by atoms with van der Waals surface area (Å²) in [5.41, 5.74) is 5.72. The first-order chi connectivity index (χ1) is 8.97. The predicted octanol–water partition coefficient (Wildman–Crippen LogP) is 3.04. The molecule has 1 aromatic carbocycles. The van der Waals surface area contributed by atoms with Gasteiger partial charge in [0.2, 0.25) is 0 Å². The molecule has 2 N–H and O–H groups in total. The second-order valence-corrected chi connectivity index (χ2v) is 4.89. The van der Waals surface area contributed by atoms with E-state index in [0.717, 1.165) is 6.07 Å². The van der Waals surface area contributed by atoms with E-state index in [2.05, 4.69) is 15.9 Å². The third kappa shape index (κ3) is 3.14. The molecule has 1 heterocycles. The van der Waals surface area contributed by atoms with Crippen LogP contribution in [0.15, 0.2) is 39.4 Å². The van der Waals surface area contributed by atoms with Crippen molar-refractivity contribution in [3.8, 4) is 0 Å². The fourth-order valence-electron chi connectivity index (χ4n) is 1.65. The minimum absolute atomic E-state index is 0.0117. The molecule has 2 rings (SSSR count). The second-order valence-electron chi connectivity index (χ2n) is 4.11. The smallest absolute Gasteiger partial charge is 0.256 e. The Hall–Kier alpha value is -1.82. The van der Waals surface area contributed by atoms with Gasteiger partial charge in [-0.3, -0.25) is 4.79 Å². The van der Waals surface area contributed by atoms with Crippen LogP contribution in [-0.2, 0) is 6.54 Å². The van der Waals surface area contributed by atoms with Gasteiger partial charge in [-0.25, -0.2) is 4.39 Å². The molecule has 19 heavy (non-hydrogen) atoms. The maximum absolute atomic E-state index is 13.6. The van der Waals surface area contributed by atoms with Crippen LogP contribution < -0.4 is 5.73 Å². The summed E-state index contributed by atoms with van der Waals surface area (Å²) < 4.78 is 19.5. The predicted molar refractivity (Wildman–Crippen MR) is 73.0 cm³/mol. The first-order valence-electron chi connectivity index (χ1n) is 5.52. The van der Waals surface area contributed by atoms with Crippen molar-refractivity contribution in [2.45, 2.75) is 6.54 Å². The van der Waals surface area contributed by atoms with Gasteiger partial charge >= 0.3 is 0 Å². The number of nitrogen functional groups attached to an aromatic ring is 1. The topological polar surface area (TPSA) is 59.5 Å². The van der Waals surface area contributed by atoms with Gasteiger partial charge in [-0.1, -0.05) is 0 Å². The minimum Gasteiger partial charge on any atom is -0.452 e. The number of amides is 1. The summed E-state index contributed by atoms with van der Waals surface area (Å²) in [4.78, 5) is 13.5. The first-order valence-corrected chi connectivity index (χ1v) is 6.31. The number of carbonyl (C=O) groups is 1. The summed E-state index contributed by atoms with van der Waals surface area (Å²) in [6, 6.07) is 7.48. The first kappa shape index (κ1) is 13.6. The van der Waals surface area contributed by atoms with Crippen LogP contribution in [0.4, 0.5) is 10.1 Å². The standard InChI is InChI=1S/C13H12BrFN2O2/c1-17(7-9-3-5-12(14)19-9)13(18)10-4-2-8(16)6-11(10)15/h2-6H,7,16H2,1H3. The summed E-state index contributed by atoms with van der Waals surface area (Å²) in [7, 11) is 1.58. The summed E-state index contributed by atoms with van der Waals surface area (Å²) in [5, 5.41) is 0. The molecule has 0 fully saturated rings. The number of nitrogens with two attached hydrogens (primary N) is 1. The van der Waals surface area contributed by atoms with E-state index in [0.29, 0.717) is 10.4 Å². The maximum Gasteiger partial charge on any atom is 0.256 e. The van der Waals surface area contributed by atoms with Gasteiger partial charge in [0.15, 0.2) is 4.67 Å². The zero-order valence-electron chi connectivity index (χ0n) is 10.2. The van der Waals surface area contributed by atoms with E-state index in [1.165, 1.54) is 17.0 Å². The Kier molecular flexibility index (Phi) is 3.90. The molecule has 0 saturated carbocycles. The van der Waals surface area contributed by atoms with Gasteiger partial charge in [-0.2, -0.15) is 0 Å². The highest BCUT2D eigenvalue weighted by molar-refractivity contribution is 9.10. The van der Waals surface area contributed by atoms with Crippen LogP contribution in [0.5, 0.6) is 0 Å². The Balaban J connectivity index is 2.14. The van der Waals surface area contributed by atoms with Crippen LogP contribution in [-0.4, -0.2) is 17.9 Å². The second kappa shape index (κ2) is 5.44. The van der Waals surface area contributed by atoms with Gasteiger partial charge in [0.25, 0.3) is 5.91 Å². The lowest BCUT2D eigenvalue weighted by atomic mass is 10.1. The van der Waals surface area contributed by atoms with E-state index < -0.39 is 11.7 Å². The van der Waals surface area contributed by atoms with Gasteiger partial charge in [0.05, 0.1) is 12.1 Å². The van der Waals surface area contributed by atoms with Crippen LogP contribution in [0, 0.1) is 5.82 Å². The molecule has 0 bridgehead atoms. The van der Waals surface area contributed by atoms with Crippen LogP contribution in [0.25, 0.3) is 0 Å². The van der Waals surface area contributed by atoms with Crippen molar-refractivity contribution in [1.29, 1.82) is 0 Å². The Morgan fingerprint density at radius 3 is 2.74 bits per heavy atom. The van der Waals surface area contributed by atoms with E-state index in [-0.39, 0.29) is 17.8 Å². The van der Waals surface area contributed by atoms with Crippen molar-refractivity contribution < 1.29 is 13.6 Å². The molecular formula is C13H12BrFN2O2. The molecule has 100 valence electrons. The normalized spacial score (nSPS) is 10.5. The van der Waals surface area contributed by atoms with Gasteiger partial charge in [-0.05, 0) is 46.3 Å². The molecule has 1 amide bonds. The monoisotopic (exact) mass is 326 g/mol. The fraction of sp³-hybridized carbons (Fsp3) is 0.154. The lowest BCUT2D eigenvalue weighted by molar-refractivity contribution is 0.0770. The molecule has 0 atom stereocenters. The number of hydrogen-bond acceptors (Lipinski definition) is 3. The molecule has 0 unspecified atom stereocenters. The number of nitrogens with zero attached hydrogens (tertiary/aromatic N) is 1. The number of furan rings is 1. The molecule has 0 aliphatic rings.